The lowest BCUT2D eigenvalue weighted by Crippen LogP contribution is -2.49. The standard InChI is InChI=1S/C13H20N2/c1-15-9-5-8-13(15,11-14)10-12-6-3-2-4-7-12/h2-4,6-7H,5,8-11,14H2,1H3. The molecule has 0 radical (unpaired) electrons. The number of hydrogen-bond donors (Lipinski definition) is 1. The van der Waals surface area contributed by atoms with Gasteiger partial charge in [-0.05, 0) is 38.4 Å². The van der Waals surface area contributed by atoms with Crippen LogP contribution in [0.1, 0.15) is 18.4 Å². The third-order valence-electron chi connectivity index (χ3n) is 3.70. The molecule has 1 aromatic rings. The van der Waals surface area contributed by atoms with Crippen molar-refractivity contribution in [1.82, 2.24) is 4.90 Å². The van der Waals surface area contributed by atoms with Crippen molar-refractivity contribution in [3.8, 4) is 0 Å². The summed E-state index contributed by atoms with van der Waals surface area (Å²) in [5.74, 6) is 0. The van der Waals surface area contributed by atoms with Gasteiger partial charge in [-0.2, -0.15) is 0 Å². The minimum Gasteiger partial charge on any atom is -0.329 e. The molecule has 0 saturated carbocycles. The molecule has 1 aliphatic heterocycles. The normalized spacial score (nSPS) is 27.1. The van der Waals surface area contributed by atoms with E-state index in [1.54, 1.807) is 0 Å². The van der Waals surface area contributed by atoms with E-state index in [-0.39, 0.29) is 5.54 Å². The van der Waals surface area contributed by atoms with Crippen molar-refractivity contribution in [1.29, 1.82) is 0 Å². The van der Waals surface area contributed by atoms with Gasteiger partial charge in [0.2, 0.25) is 0 Å². The van der Waals surface area contributed by atoms with Crippen LogP contribution in [0.25, 0.3) is 0 Å². The van der Waals surface area contributed by atoms with Crippen molar-refractivity contribution < 1.29 is 0 Å². The smallest absolute Gasteiger partial charge is 0.0369 e. The van der Waals surface area contributed by atoms with Crippen molar-refractivity contribution >= 4 is 0 Å². The van der Waals surface area contributed by atoms with E-state index in [4.69, 9.17) is 5.73 Å². The monoisotopic (exact) mass is 204 g/mol. The molecule has 0 aliphatic carbocycles. The number of rotatable bonds is 3. The summed E-state index contributed by atoms with van der Waals surface area (Å²) in [5.41, 5.74) is 7.57. The van der Waals surface area contributed by atoms with Crippen LogP contribution in [0.5, 0.6) is 0 Å². The van der Waals surface area contributed by atoms with Gasteiger partial charge in [-0.1, -0.05) is 30.3 Å². The van der Waals surface area contributed by atoms with Crippen molar-refractivity contribution in [2.24, 2.45) is 5.73 Å². The third-order valence-corrected chi connectivity index (χ3v) is 3.70. The molecule has 0 amide bonds. The fraction of sp³-hybridized carbons (Fsp3) is 0.538. The molecule has 82 valence electrons. The van der Waals surface area contributed by atoms with Gasteiger partial charge in [-0.3, -0.25) is 4.90 Å². The first-order valence-corrected chi connectivity index (χ1v) is 5.72. The lowest BCUT2D eigenvalue weighted by atomic mass is 9.88. The van der Waals surface area contributed by atoms with Crippen LogP contribution in [-0.4, -0.2) is 30.6 Å². The molecule has 1 atom stereocenters. The Kier molecular flexibility index (Phi) is 3.08. The molecule has 1 saturated heterocycles. The highest BCUT2D eigenvalue weighted by Gasteiger charge is 2.37. The molecular formula is C13H20N2. The zero-order valence-electron chi connectivity index (χ0n) is 9.45. The van der Waals surface area contributed by atoms with Gasteiger partial charge in [0.05, 0.1) is 0 Å². The Morgan fingerprint density at radius 3 is 2.60 bits per heavy atom. The number of nitrogens with two attached hydrogens (primary N) is 1. The lowest BCUT2D eigenvalue weighted by Gasteiger charge is -2.35. The average molecular weight is 204 g/mol. The van der Waals surface area contributed by atoms with Gasteiger partial charge in [-0.15, -0.1) is 0 Å². The molecule has 2 rings (SSSR count). The fourth-order valence-electron chi connectivity index (χ4n) is 2.60. The second-order valence-corrected chi connectivity index (χ2v) is 4.62. The van der Waals surface area contributed by atoms with Crippen LogP contribution >= 0.6 is 0 Å². The van der Waals surface area contributed by atoms with E-state index in [1.807, 2.05) is 0 Å². The van der Waals surface area contributed by atoms with E-state index in [0.717, 1.165) is 13.0 Å². The van der Waals surface area contributed by atoms with Gasteiger partial charge in [0.1, 0.15) is 0 Å². The molecule has 1 fully saturated rings. The van der Waals surface area contributed by atoms with E-state index >= 15 is 0 Å². The van der Waals surface area contributed by atoms with Crippen LogP contribution in [0.2, 0.25) is 0 Å². The Morgan fingerprint density at radius 1 is 1.33 bits per heavy atom. The van der Waals surface area contributed by atoms with Crippen molar-refractivity contribution in [3.05, 3.63) is 35.9 Å². The molecule has 0 aromatic heterocycles. The Bertz CT molecular complexity index is 310. The maximum absolute atomic E-state index is 5.97. The quantitative estimate of drug-likeness (QED) is 0.811. The summed E-state index contributed by atoms with van der Waals surface area (Å²) in [6, 6.07) is 10.7. The van der Waals surface area contributed by atoms with Crippen molar-refractivity contribution in [2.45, 2.75) is 24.8 Å². The first-order chi connectivity index (χ1) is 7.27. The van der Waals surface area contributed by atoms with Crippen molar-refractivity contribution in [2.75, 3.05) is 20.1 Å². The Labute approximate surface area is 92.1 Å². The highest BCUT2D eigenvalue weighted by Crippen LogP contribution is 2.30. The molecule has 2 heteroatoms. The number of likely N-dealkylation sites (tertiary alicyclic amines) is 1. The minimum atomic E-state index is 0.210. The van der Waals surface area contributed by atoms with Gasteiger partial charge in [0, 0.05) is 12.1 Å². The fourth-order valence-corrected chi connectivity index (χ4v) is 2.60. The maximum atomic E-state index is 5.97. The molecule has 0 spiro atoms. The zero-order valence-corrected chi connectivity index (χ0v) is 9.45. The van der Waals surface area contributed by atoms with Crippen LogP contribution in [-0.2, 0) is 6.42 Å². The summed E-state index contributed by atoms with van der Waals surface area (Å²) in [6.07, 6.45) is 3.59. The maximum Gasteiger partial charge on any atom is 0.0369 e. The summed E-state index contributed by atoms with van der Waals surface area (Å²) < 4.78 is 0. The lowest BCUT2D eigenvalue weighted by molar-refractivity contribution is 0.181. The molecule has 1 unspecified atom stereocenters. The topological polar surface area (TPSA) is 29.3 Å². The van der Waals surface area contributed by atoms with Crippen LogP contribution in [0, 0.1) is 0 Å². The largest absolute Gasteiger partial charge is 0.329 e. The van der Waals surface area contributed by atoms with E-state index < -0.39 is 0 Å². The second kappa shape index (κ2) is 4.33. The summed E-state index contributed by atoms with van der Waals surface area (Å²) in [7, 11) is 2.20. The molecule has 1 aromatic carbocycles. The predicted octanol–water partition coefficient (Wildman–Crippen LogP) is 1.65. The SMILES string of the molecule is CN1CCCC1(CN)Cc1ccccc1. The van der Waals surface area contributed by atoms with Gasteiger partial charge in [0.15, 0.2) is 0 Å². The van der Waals surface area contributed by atoms with Crippen LogP contribution < -0.4 is 5.73 Å². The summed E-state index contributed by atoms with van der Waals surface area (Å²) in [4.78, 5) is 2.43. The summed E-state index contributed by atoms with van der Waals surface area (Å²) in [5, 5.41) is 0. The average Bonchev–Trinajstić information content (AvgIpc) is 2.62. The van der Waals surface area contributed by atoms with Crippen LogP contribution in [0.4, 0.5) is 0 Å². The Hall–Kier alpha value is -0.860. The Balaban J connectivity index is 2.15. The molecule has 2 nitrogen and oxygen atoms in total. The van der Waals surface area contributed by atoms with Crippen molar-refractivity contribution in [3.63, 3.8) is 0 Å². The molecule has 1 aliphatic rings. The van der Waals surface area contributed by atoms with Gasteiger partial charge in [-0.25, -0.2) is 0 Å². The number of nitrogens with zero attached hydrogens (tertiary/aromatic N) is 1. The highest BCUT2D eigenvalue weighted by molar-refractivity contribution is 5.19. The van der Waals surface area contributed by atoms with Gasteiger partial charge >= 0.3 is 0 Å². The van der Waals surface area contributed by atoms with Crippen LogP contribution in [0.3, 0.4) is 0 Å². The molecule has 1 heterocycles. The van der Waals surface area contributed by atoms with Crippen LogP contribution in [0.15, 0.2) is 30.3 Å². The zero-order chi connectivity index (χ0) is 10.7. The molecule has 0 bridgehead atoms. The number of benzene rings is 1. The van der Waals surface area contributed by atoms with Gasteiger partial charge in [0.25, 0.3) is 0 Å². The van der Waals surface area contributed by atoms with E-state index in [2.05, 4.69) is 42.3 Å². The van der Waals surface area contributed by atoms with E-state index in [0.29, 0.717) is 0 Å². The molecular weight excluding hydrogens is 184 g/mol. The summed E-state index contributed by atoms with van der Waals surface area (Å²) >= 11 is 0. The predicted molar refractivity (Wildman–Crippen MR) is 63.8 cm³/mol. The van der Waals surface area contributed by atoms with E-state index in [9.17, 15) is 0 Å². The Morgan fingerprint density at radius 2 is 2.07 bits per heavy atom. The third kappa shape index (κ3) is 2.06. The summed E-state index contributed by atoms with van der Waals surface area (Å²) in [6.45, 7) is 1.95. The number of hydrogen-bond acceptors (Lipinski definition) is 2. The minimum absolute atomic E-state index is 0.210. The second-order valence-electron chi connectivity index (χ2n) is 4.62. The van der Waals surface area contributed by atoms with E-state index in [1.165, 1.54) is 24.9 Å². The van der Waals surface area contributed by atoms with Gasteiger partial charge < -0.3 is 5.73 Å². The number of likely N-dealkylation sites (N-methyl/N-ethyl adjacent to an activating group) is 1. The molecule has 15 heavy (non-hydrogen) atoms. The highest BCUT2D eigenvalue weighted by atomic mass is 15.2. The first kappa shape index (κ1) is 10.7. The molecule has 2 N–H and O–H groups in total. The first-order valence-electron chi connectivity index (χ1n) is 5.72.